The fourth-order valence-electron chi connectivity index (χ4n) is 0.955. The summed E-state index contributed by atoms with van der Waals surface area (Å²) in [5, 5.41) is 15.7. The van der Waals surface area contributed by atoms with Crippen LogP contribution in [-0.4, -0.2) is 28.3 Å². The molecule has 0 bridgehead atoms. The third kappa shape index (κ3) is 11.2. The van der Waals surface area contributed by atoms with E-state index >= 15 is 0 Å². The van der Waals surface area contributed by atoms with Crippen LogP contribution in [0.25, 0.3) is 0 Å². The van der Waals surface area contributed by atoms with E-state index in [0.29, 0.717) is 6.42 Å². The van der Waals surface area contributed by atoms with Crippen LogP contribution in [0.2, 0.25) is 0 Å². The molecule has 0 aliphatic carbocycles. The third-order valence-corrected chi connectivity index (χ3v) is 1.62. The summed E-state index contributed by atoms with van der Waals surface area (Å²) in [6.45, 7) is 0. The summed E-state index contributed by atoms with van der Waals surface area (Å²) in [4.78, 5) is 19.2. The Balaban J connectivity index is -0.000000332. The number of carboxylic acids is 1. The molecule has 1 amide bonds. The van der Waals surface area contributed by atoms with Gasteiger partial charge in [-0.15, -0.1) is 0 Å². The van der Waals surface area contributed by atoms with E-state index in [2.05, 4.69) is 5.73 Å². The number of carbonyl (C=O) groups is 2. The van der Waals surface area contributed by atoms with Gasteiger partial charge in [0, 0.05) is 0 Å². The van der Waals surface area contributed by atoms with Crippen molar-refractivity contribution in [2.24, 2.45) is 11.5 Å². The van der Waals surface area contributed by atoms with Crippen molar-refractivity contribution in [2.75, 3.05) is 0 Å². The molecule has 0 fully saturated rings. The van der Waals surface area contributed by atoms with Crippen LogP contribution in [0.4, 0.5) is 4.79 Å². The van der Waals surface area contributed by atoms with Crippen molar-refractivity contribution in [1.29, 1.82) is 0 Å². The molecule has 0 saturated carbocycles. The van der Waals surface area contributed by atoms with E-state index in [1.54, 1.807) is 0 Å². The van der Waals surface area contributed by atoms with Crippen molar-refractivity contribution in [3.8, 4) is 0 Å². The predicted octanol–water partition coefficient (Wildman–Crippen LogP) is -2.62. The summed E-state index contributed by atoms with van der Waals surface area (Å²) < 4.78 is 0. The van der Waals surface area contributed by atoms with E-state index in [4.69, 9.17) is 20.7 Å². The number of benzene rings is 1. The van der Waals surface area contributed by atoms with Gasteiger partial charge in [-0.05, 0) is 12.0 Å². The minimum Gasteiger partial charge on any atom is -1.00 e. The Kier molecular flexibility index (Phi) is 10.9. The number of amides is 1. The van der Waals surface area contributed by atoms with E-state index in [0.717, 1.165) is 5.56 Å². The van der Waals surface area contributed by atoms with Crippen LogP contribution in [0, 0.1) is 0 Å². The molecule has 0 spiro atoms. The maximum absolute atomic E-state index is 10.4. The van der Waals surface area contributed by atoms with Crippen LogP contribution in [0.1, 0.15) is 6.99 Å². The molecule has 0 radical (unpaired) electrons. The molecule has 6 nitrogen and oxygen atoms in total. The van der Waals surface area contributed by atoms with Gasteiger partial charge < -0.3 is 23.1 Å². The number of primary amides is 1. The van der Waals surface area contributed by atoms with Gasteiger partial charge in [0.05, 0.1) is 0 Å². The first-order chi connectivity index (χ1) is 7.43. The van der Waals surface area contributed by atoms with E-state index < -0.39 is 18.1 Å². The number of nitrogens with two attached hydrogens (primary N) is 2. The quantitative estimate of drug-likeness (QED) is 0.437. The second-order valence-corrected chi connectivity index (χ2v) is 2.97. The Labute approximate surface area is 122 Å². The molecule has 0 aromatic heterocycles. The molecule has 1 aromatic carbocycles. The van der Waals surface area contributed by atoms with E-state index in [1.165, 1.54) is 0 Å². The summed E-state index contributed by atoms with van der Waals surface area (Å²) in [7, 11) is 0. The van der Waals surface area contributed by atoms with Gasteiger partial charge in [0.2, 0.25) is 0 Å². The van der Waals surface area contributed by atoms with Crippen molar-refractivity contribution in [2.45, 2.75) is 12.5 Å². The van der Waals surface area contributed by atoms with Gasteiger partial charge in [-0.1, -0.05) is 30.3 Å². The molecule has 0 unspecified atom stereocenters. The first-order valence-electron chi connectivity index (χ1n) is 4.44. The molecular formula is C10H15N2NaO4. The Morgan fingerprint density at radius 1 is 1.24 bits per heavy atom. The second-order valence-electron chi connectivity index (χ2n) is 2.97. The largest absolute Gasteiger partial charge is 1.00 e. The minimum absolute atomic E-state index is 0. The fourth-order valence-corrected chi connectivity index (χ4v) is 0.955. The Morgan fingerprint density at radius 3 is 2.00 bits per heavy atom. The van der Waals surface area contributed by atoms with Crippen molar-refractivity contribution >= 4 is 12.1 Å². The summed E-state index contributed by atoms with van der Waals surface area (Å²) >= 11 is 0. The van der Waals surface area contributed by atoms with Crippen LogP contribution in [-0.2, 0) is 11.2 Å². The van der Waals surface area contributed by atoms with Gasteiger partial charge in [0.25, 0.3) is 0 Å². The number of rotatable bonds is 3. The first kappa shape index (κ1) is 18.3. The number of hydrogen-bond donors (Lipinski definition) is 4. The topological polar surface area (TPSA) is 127 Å². The zero-order valence-electron chi connectivity index (χ0n) is 10.5. The van der Waals surface area contributed by atoms with Crippen LogP contribution in [0.5, 0.6) is 0 Å². The minimum atomic E-state index is -1.33. The summed E-state index contributed by atoms with van der Waals surface area (Å²) in [6.07, 6.45) is -0.948. The van der Waals surface area contributed by atoms with Gasteiger partial charge in [-0.25, -0.2) is 4.79 Å². The molecule has 0 saturated heterocycles. The molecule has 6 N–H and O–H groups in total. The van der Waals surface area contributed by atoms with Gasteiger partial charge in [-0.2, -0.15) is 0 Å². The SMILES string of the molecule is NC(=O)O.N[C@@H](Cc1ccccc1)C(=O)O.[H-].[Na+]. The molecule has 90 valence electrons. The second kappa shape index (κ2) is 10.1. The van der Waals surface area contributed by atoms with E-state index in [-0.39, 0.29) is 31.0 Å². The van der Waals surface area contributed by atoms with Crippen molar-refractivity contribution < 1.29 is 50.8 Å². The van der Waals surface area contributed by atoms with Crippen molar-refractivity contribution in [1.82, 2.24) is 0 Å². The predicted molar refractivity (Wildman–Crippen MR) is 59.1 cm³/mol. The normalized spacial score (nSPS) is 10.2. The summed E-state index contributed by atoms with van der Waals surface area (Å²) in [5.74, 6) is -0.959. The Bertz CT molecular complexity index is 347. The molecule has 0 aliphatic rings. The molecule has 0 aliphatic heterocycles. The molecule has 0 heterocycles. The van der Waals surface area contributed by atoms with Gasteiger partial charge in [0.1, 0.15) is 6.04 Å². The van der Waals surface area contributed by atoms with Crippen LogP contribution in [0.15, 0.2) is 30.3 Å². The van der Waals surface area contributed by atoms with Gasteiger partial charge in [0.15, 0.2) is 0 Å². The number of hydrogen-bond acceptors (Lipinski definition) is 3. The van der Waals surface area contributed by atoms with Crippen molar-refractivity contribution in [3.63, 3.8) is 0 Å². The number of carboxylic acid groups (broad SMARTS) is 2. The van der Waals surface area contributed by atoms with Crippen LogP contribution in [0.3, 0.4) is 0 Å². The average molecular weight is 250 g/mol. The van der Waals surface area contributed by atoms with E-state index in [9.17, 15) is 4.79 Å². The van der Waals surface area contributed by atoms with E-state index in [1.807, 2.05) is 30.3 Å². The molecular weight excluding hydrogens is 235 g/mol. The molecule has 1 atom stereocenters. The van der Waals surface area contributed by atoms with Gasteiger partial charge in [-0.3, -0.25) is 4.79 Å². The monoisotopic (exact) mass is 250 g/mol. The molecule has 1 rings (SSSR count). The molecule has 7 heteroatoms. The first-order valence-corrected chi connectivity index (χ1v) is 4.44. The fraction of sp³-hybridized carbons (Fsp3) is 0.200. The summed E-state index contributed by atoms with van der Waals surface area (Å²) in [5.41, 5.74) is 10.3. The zero-order chi connectivity index (χ0) is 12.6. The molecule has 17 heavy (non-hydrogen) atoms. The van der Waals surface area contributed by atoms with Crippen LogP contribution < -0.4 is 41.0 Å². The smallest absolute Gasteiger partial charge is 1.00 e. The maximum atomic E-state index is 10.4. The van der Waals surface area contributed by atoms with Crippen molar-refractivity contribution in [3.05, 3.63) is 35.9 Å². The van der Waals surface area contributed by atoms with Crippen LogP contribution >= 0.6 is 0 Å². The maximum Gasteiger partial charge on any atom is 1.00 e. The standard InChI is InChI=1S/C9H11NO2.CH3NO2.Na.H/c10-8(9(11)12)6-7-4-2-1-3-5-7;2-1(3)4;;/h1-5,8H,6,10H2,(H,11,12);2H2,(H,3,4);;/q;;+1;-1/t8-;;;/m0.../s1. The Hall–Kier alpha value is -1.08. The third-order valence-electron chi connectivity index (χ3n) is 1.62. The number of aliphatic carboxylic acids is 1. The average Bonchev–Trinajstić information content (AvgIpc) is 2.18. The van der Waals surface area contributed by atoms with Gasteiger partial charge >= 0.3 is 41.6 Å². The Morgan fingerprint density at radius 2 is 1.65 bits per heavy atom. The summed E-state index contributed by atoms with van der Waals surface area (Å²) in [6, 6.07) is 8.54. The zero-order valence-corrected chi connectivity index (χ0v) is 11.5. The molecule has 1 aromatic rings.